The van der Waals surface area contributed by atoms with Gasteiger partial charge in [0.25, 0.3) is 5.91 Å². The molecule has 0 saturated carbocycles. The van der Waals surface area contributed by atoms with Crippen LogP contribution in [0, 0.1) is 26.2 Å². The van der Waals surface area contributed by atoms with Crippen LogP contribution in [0.15, 0.2) is 76.3 Å². The third-order valence-corrected chi connectivity index (χ3v) is 6.87. The Balaban J connectivity index is 1.47. The number of carbonyl (C=O) groups is 1. The first-order chi connectivity index (χ1) is 15.9. The number of nitrogens with zero attached hydrogens (tertiary/aromatic N) is 4. The summed E-state index contributed by atoms with van der Waals surface area (Å²) in [7, 11) is 0. The van der Waals surface area contributed by atoms with Gasteiger partial charge in [0.15, 0.2) is 5.84 Å². The van der Waals surface area contributed by atoms with E-state index >= 15 is 0 Å². The van der Waals surface area contributed by atoms with Crippen LogP contribution in [-0.2, 0) is 11.3 Å². The largest absolute Gasteiger partial charge is 0.344 e. The minimum absolute atomic E-state index is 0.0500. The lowest BCUT2D eigenvalue weighted by Crippen LogP contribution is -2.35. The first-order valence-corrected chi connectivity index (χ1v) is 11.5. The molecule has 0 bridgehead atoms. The van der Waals surface area contributed by atoms with Gasteiger partial charge in [-0.2, -0.15) is 15.1 Å². The van der Waals surface area contributed by atoms with Gasteiger partial charge in [-0.15, -0.1) is 0 Å². The average Bonchev–Trinajstić information content (AvgIpc) is 3.34. The van der Waals surface area contributed by atoms with Crippen LogP contribution in [0.4, 0.5) is 0 Å². The summed E-state index contributed by atoms with van der Waals surface area (Å²) >= 11 is 1.32. The SMILES string of the molecule is Cc1ccccc1C1=NN2C(=N)C(=Cc3cc(C)n(Cc4ccccc4)c3C)C(=O)N=C2S1. The number of hydrogen-bond acceptors (Lipinski definition) is 4. The Labute approximate surface area is 196 Å². The fraction of sp³-hybridized carbons (Fsp3) is 0.154. The topological polar surface area (TPSA) is 73.8 Å². The first-order valence-electron chi connectivity index (χ1n) is 10.7. The maximum absolute atomic E-state index is 12.9. The Kier molecular flexibility index (Phi) is 5.34. The summed E-state index contributed by atoms with van der Waals surface area (Å²) in [5.41, 5.74) is 6.57. The number of aliphatic imine (C=N–C) groups is 1. The van der Waals surface area contributed by atoms with Gasteiger partial charge in [-0.1, -0.05) is 54.6 Å². The molecule has 0 fully saturated rings. The van der Waals surface area contributed by atoms with Gasteiger partial charge in [0.1, 0.15) is 5.04 Å². The van der Waals surface area contributed by atoms with E-state index in [-0.39, 0.29) is 11.4 Å². The van der Waals surface area contributed by atoms with Crippen molar-refractivity contribution in [2.75, 3.05) is 0 Å². The highest BCUT2D eigenvalue weighted by atomic mass is 32.2. The molecule has 2 aliphatic heterocycles. The fourth-order valence-electron chi connectivity index (χ4n) is 4.05. The number of hydrogen-bond donors (Lipinski definition) is 1. The van der Waals surface area contributed by atoms with Gasteiger partial charge < -0.3 is 4.57 Å². The van der Waals surface area contributed by atoms with E-state index in [0.717, 1.165) is 39.7 Å². The van der Waals surface area contributed by atoms with Gasteiger partial charge in [-0.3, -0.25) is 10.2 Å². The highest BCUT2D eigenvalue weighted by molar-refractivity contribution is 8.27. The Bertz CT molecular complexity index is 1380. The Morgan fingerprint density at radius 1 is 1.03 bits per heavy atom. The van der Waals surface area contributed by atoms with E-state index in [1.165, 1.54) is 22.3 Å². The number of rotatable bonds is 4. The summed E-state index contributed by atoms with van der Waals surface area (Å²) in [5.74, 6) is -0.359. The molecule has 1 N–H and O–H groups in total. The molecule has 0 atom stereocenters. The zero-order valence-corrected chi connectivity index (χ0v) is 19.5. The van der Waals surface area contributed by atoms with Gasteiger partial charge in [0.05, 0.1) is 5.57 Å². The highest BCUT2D eigenvalue weighted by Gasteiger charge is 2.36. The normalized spacial score (nSPS) is 16.8. The molecule has 7 heteroatoms. The monoisotopic (exact) mass is 453 g/mol. The van der Waals surface area contributed by atoms with Crippen molar-refractivity contribution in [2.45, 2.75) is 27.3 Å². The minimum Gasteiger partial charge on any atom is -0.344 e. The molecule has 2 aromatic carbocycles. The number of nitrogens with one attached hydrogen (secondary N) is 1. The molecule has 0 spiro atoms. The van der Waals surface area contributed by atoms with Crippen LogP contribution < -0.4 is 0 Å². The lowest BCUT2D eigenvalue weighted by molar-refractivity contribution is -0.114. The molecule has 3 heterocycles. The Morgan fingerprint density at radius 3 is 2.52 bits per heavy atom. The van der Waals surface area contributed by atoms with E-state index in [1.54, 1.807) is 6.08 Å². The van der Waals surface area contributed by atoms with Crippen molar-refractivity contribution in [3.63, 3.8) is 0 Å². The van der Waals surface area contributed by atoms with Crippen LogP contribution in [-0.4, -0.2) is 31.5 Å². The quantitative estimate of drug-likeness (QED) is 0.557. The summed E-state index contributed by atoms with van der Waals surface area (Å²) in [5, 5.41) is 15.9. The number of amides is 1. The van der Waals surface area contributed by atoms with E-state index in [9.17, 15) is 4.79 Å². The molecule has 0 saturated heterocycles. The fourth-order valence-corrected chi connectivity index (χ4v) is 5.03. The predicted molar refractivity (Wildman–Crippen MR) is 135 cm³/mol. The highest BCUT2D eigenvalue weighted by Crippen LogP contribution is 2.32. The number of fused-ring (bicyclic) bond motifs is 1. The zero-order valence-electron chi connectivity index (χ0n) is 18.7. The molecule has 0 unspecified atom stereocenters. The van der Waals surface area contributed by atoms with Crippen molar-refractivity contribution in [2.24, 2.45) is 10.1 Å². The average molecular weight is 454 g/mol. The van der Waals surface area contributed by atoms with Crippen LogP contribution in [0.25, 0.3) is 6.08 Å². The molecule has 33 heavy (non-hydrogen) atoms. The first kappa shape index (κ1) is 21.2. The number of aryl methyl sites for hydroxylation is 2. The maximum atomic E-state index is 12.9. The Hall–Kier alpha value is -3.71. The number of aromatic nitrogens is 1. The summed E-state index contributed by atoms with van der Waals surface area (Å²) in [6.07, 6.45) is 1.76. The number of thioether (sulfide) groups is 1. The van der Waals surface area contributed by atoms with Gasteiger partial charge in [0.2, 0.25) is 5.17 Å². The molecule has 164 valence electrons. The standard InChI is InChI=1S/C26H23N5OS/c1-16-9-7-8-12-21(16)25-29-31-23(27)22(24(32)28-26(31)33-25)14-20-13-17(2)30(18(20)3)15-19-10-5-4-6-11-19/h4-14,27H,15H2,1-3H3. The van der Waals surface area contributed by atoms with Crippen molar-refractivity contribution in [1.29, 1.82) is 5.41 Å². The minimum atomic E-state index is -0.409. The van der Waals surface area contributed by atoms with Gasteiger partial charge >= 0.3 is 0 Å². The van der Waals surface area contributed by atoms with Crippen LogP contribution in [0.1, 0.15) is 33.6 Å². The molecule has 1 aromatic heterocycles. The smallest absolute Gasteiger partial charge is 0.283 e. The van der Waals surface area contributed by atoms with Crippen LogP contribution in [0.5, 0.6) is 0 Å². The van der Waals surface area contributed by atoms with Crippen molar-refractivity contribution in [3.8, 4) is 0 Å². The molecular weight excluding hydrogens is 430 g/mol. The van der Waals surface area contributed by atoms with Gasteiger partial charge in [-0.25, -0.2) is 0 Å². The lowest BCUT2D eigenvalue weighted by Gasteiger charge is -2.20. The molecule has 1 amide bonds. The number of amidine groups is 2. The van der Waals surface area contributed by atoms with Crippen LogP contribution in [0.3, 0.4) is 0 Å². The van der Waals surface area contributed by atoms with Crippen molar-refractivity contribution in [3.05, 3.63) is 99.9 Å². The van der Waals surface area contributed by atoms with E-state index in [0.29, 0.717) is 5.17 Å². The third kappa shape index (κ3) is 3.85. The van der Waals surface area contributed by atoms with E-state index in [1.807, 2.05) is 62.4 Å². The van der Waals surface area contributed by atoms with Crippen molar-refractivity contribution >= 4 is 39.8 Å². The molecular formula is C26H23N5OS. The molecule has 6 nitrogen and oxygen atoms in total. The van der Waals surface area contributed by atoms with E-state index in [2.05, 4.69) is 33.7 Å². The summed E-state index contributed by atoms with van der Waals surface area (Å²) < 4.78 is 2.22. The second-order valence-electron chi connectivity index (χ2n) is 8.14. The van der Waals surface area contributed by atoms with Crippen molar-refractivity contribution < 1.29 is 4.79 Å². The summed E-state index contributed by atoms with van der Waals surface area (Å²) in [4.78, 5) is 17.1. The van der Waals surface area contributed by atoms with Crippen LogP contribution >= 0.6 is 11.8 Å². The maximum Gasteiger partial charge on any atom is 0.283 e. The van der Waals surface area contributed by atoms with E-state index < -0.39 is 5.91 Å². The van der Waals surface area contributed by atoms with Gasteiger partial charge in [-0.05, 0) is 61.4 Å². The third-order valence-electron chi connectivity index (χ3n) is 5.93. The second-order valence-corrected chi connectivity index (χ2v) is 9.09. The van der Waals surface area contributed by atoms with Crippen LogP contribution in [0.2, 0.25) is 0 Å². The Morgan fingerprint density at radius 2 is 1.76 bits per heavy atom. The number of hydrazone groups is 1. The number of carbonyl (C=O) groups excluding carboxylic acids is 1. The predicted octanol–water partition coefficient (Wildman–Crippen LogP) is 5.13. The second kappa shape index (κ2) is 8.33. The molecule has 5 rings (SSSR count). The zero-order chi connectivity index (χ0) is 23.1. The molecule has 3 aromatic rings. The molecule has 0 aliphatic carbocycles. The summed E-state index contributed by atoms with van der Waals surface area (Å²) in [6.45, 7) is 6.86. The summed E-state index contributed by atoms with van der Waals surface area (Å²) in [6, 6.07) is 20.3. The van der Waals surface area contributed by atoms with E-state index in [4.69, 9.17) is 5.41 Å². The molecule has 0 radical (unpaired) electrons. The van der Waals surface area contributed by atoms with Crippen molar-refractivity contribution in [1.82, 2.24) is 9.58 Å². The number of benzene rings is 2. The van der Waals surface area contributed by atoms with Gasteiger partial charge in [0, 0.05) is 23.5 Å². The molecule has 2 aliphatic rings. The lowest BCUT2D eigenvalue weighted by atomic mass is 10.1.